The lowest BCUT2D eigenvalue weighted by atomic mass is 9.95. The largest absolute Gasteiger partial charge is 0.438 e. The monoisotopic (exact) mass is 927 g/mol. The van der Waals surface area contributed by atoms with Gasteiger partial charge in [0, 0.05) is 35.9 Å². The number of alkyl halides is 2. The van der Waals surface area contributed by atoms with Crippen LogP contribution in [-0.4, -0.2) is 115 Å². The van der Waals surface area contributed by atoms with E-state index in [2.05, 4.69) is 15.1 Å². The van der Waals surface area contributed by atoms with Crippen LogP contribution in [-0.2, 0) is 47.9 Å². The number of likely N-dealkylation sites (tertiary alicyclic amines) is 1. The second-order valence-electron chi connectivity index (χ2n) is 18.4. The van der Waals surface area contributed by atoms with Crippen molar-refractivity contribution in [2.45, 2.75) is 103 Å². The number of nitrogens with one attached hydrogen (secondary N) is 1. The number of hydrogen-bond acceptors (Lipinski definition) is 12. The number of fused-ring (bicyclic) bond motifs is 2. The number of ether oxygens (including phenoxy) is 2. The summed E-state index contributed by atoms with van der Waals surface area (Å²) in [5.74, 6) is -3.04. The number of thiophene rings is 1. The minimum absolute atomic E-state index is 0.104. The molecule has 0 aliphatic carbocycles. The summed E-state index contributed by atoms with van der Waals surface area (Å²) in [6.45, 7) is 18.7. The molecule has 3 fully saturated rings. The van der Waals surface area contributed by atoms with Gasteiger partial charge in [-0.1, -0.05) is 43.3 Å². The Bertz CT molecular complexity index is 2290. The molecule has 2 aromatic carbocycles. The Hall–Kier alpha value is -4.79. The number of benzene rings is 2. The molecule has 0 saturated carbocycles. The fraction of sp³-hybridized carbons (Fsp3) is 0.556. The van der Waals surface area contributed by atoms with Gasteiger partial charge in [-0.15, -0.1) is 11.3 Å². The molecular weight excluding hydrogens is 872 g/mol. The van der Waals surface area contributed by atoms with Crippen LogP contribution in [0.4, 0.5) is 8.78 Å². The quantitative estimate of drug-likeness (QED) is 0.0788. The molecule has 1 aromatic heterocycles. The first-order valence-electron chi connectivity index (χ1n) is 21.3. The van der Waals surface area contributed by atoms with Crippen molar-refractivity contribution in [1.82, 2.24) is 20.0 Å². The Morgan fingerprint density at radius 3 is 2.12 bits per heavy atom. The number of hydrogen-bond donors (Lipinski definition) is 1. The van der Waals surface area contributed by atoms with E-state index in [0.29, 0.717) is 43.6 Å². The first-order chi connectivity index (χ1) is 30.1. The molecule has 64 heavy (non-hydrogen) atoms. The Morgan fingerprint density at radius 1 is 0.891 bits per heavy atom. The van der Waals surface area contributed by atoms with Crippen molar-refractivity contribution >= 4 is 58.7 Å². The van der Waals surface area contributed by atoms with Gasteiger partial charge in [0.25, 0.3) is 5.91 Å². The highest BCUT2D eigenvalue weighted by atomic mass is 32.1. The third kappa shape index (κ3) is 10.5. The Morgan fingerprint density at radius 2 is 1.53 bits per heavy atom. The molecule has 3 aliphatic rings. The molecule has 15 nitrogen and oxygen atoms in total. The molecule has 4 heterocycles. The number of nitrogens with zero attached hydrogens (tertiary/aromatic N) is 4. The van der Waals surface area contributed by atoms with Crippen molar-refractivity contribution in [2.75, 3.05) is 46.3 Å². The normalized spacial score (nSPS) is 22.4. The van der Waals surface area contributed by atoms with Gasteiger partial charge < -0.3 is 34.3 Å². The van der Waals surface area contributed by atoms with E-state index in [0.717, 1.165) is 29.0 Å². The summed E-state index contributed by atoms with van der Waals surface area (Å²) in [7, 11) is -5.60. The molecule has 346 valence electrons. The predicted octanol–water partition coefficient (Wildman–Crippen LogP) is 7.37. The maximum Gasteiger partial charge on any atom is 0.410 e. The summed E-state index contributed by atoms with van der Waals surface area (Å²) < 4.78 is 67.0. The molecule has 3 aliphatic heterocycles. The zero-order valence-corrected chi connectivity index (χ0v) is 38.8. The summed E-state index contributed by atoms with van der Waals surface area (Å²) in [6, 6.07) is 11.9. The van der Waals surface area contributed by atoms with Gasteiger partial charge in [-0.05, 0) is 96.5 Å². The third-order valence-corrected chi connectivity index (χ3v) is 14.7. The molecule has 0 spiro atoms. The first kappa shape index (κ1) is 48.7. The Balaban J connectivity index is 1.21. The predicted molar refractivity (Wildman–Crippen MR) is 234 cm³/mol. The van der Waals surface area contributed by atoms with Crippen LogP contribution in [0, 0.1) is 17.4 Å². The average Bonchev–Trinajstić information content (AvgIpc) is 4.00. The van der Waals surface area contributed by atoms with Crippen LogP contribution >= 0.6 is 18.9 Å². The third-order valence-electron chi connectivity index (χ3n) is 11.8. The molecule has 19 heteroatoms. The summed E-state index contributed by atoms with van der Waals surface area (Å²) in [6.07, 6.45) is 1.71. The van der Waals surface area contributed by atoms with Crippen LogP contribution < -0.4 is 5.32 Å². The maximum absolute atomic E-state index is 16.4. The standard InChI is InChI=1S/C45H56F2N5O10PS/c1-9-50-20-19-31-16-17-35(40(55)51-23-32(33(25-51)48-8)28-13-11-10-12-14-28)52(31)39(54)34(24-50)49-38(53)37-22-29-21-30(15-18-36(29)64-37)45(46,47)63(58,61-26-59-41(56)43(2,3)4)62-27-60-42(57)44(5,6)7/h10-15,18,21-22,31-35H,9,16-17,19-20,23-27H2,1-7H3,(H,49,53)/t31-,32+,33-,34+,35+/m1/s1. The van der Waals surface area contributed by atoms with Crippen molar-refractivity contribution < 1.29 is 55.8 Å². The lowest BCUT2D eigenvalue weighted by Gasteiger charge is -2.39. The van der Waals surface area contributed by atoms with Gasteiger partial charge in [0.15, 0.2) is 0 Å². The van der Waals surface area contributed by atoms with Crippen LogP contribution in [0.15, 0.2) is 54.6 Å². The minimum Gasteiger partial charge on any atom is -0.438 e. The van der Waals surface area contributed by atoms with E-state index in [1.54, 1.807) is 9.80 Å². The van der Waals surface area contributed by atoms with Crippen LogP contribution in [0.3, 0.4) is 0 Å². The molecule has 5 atom stereocenters. The fourth-order valence-corrected chi connectivity index (χ4v) is 10.3. The number of halogens is 2. The van der Waals surface area contributed by atoms with E-state index in [9.17, 15) is 28.5 Å². The smallest absolute Gasteiger partial charge is 0.410 e. The van der Waals surface area contributed by atoms with E-state index in [1.165, 1.54) is 53.7 Å². The van der Waals surface area contributed by atoms with E-state index in [-0.39, 0.29) is 41.2 Å². The van der Waals surface area contributed by atoms with E-state index in [1.807, 2.05) is 37.3 Å². The Kier molecular flexibility index (Phi) is 14.7. The maximum atomic E-state index is 16.4. The van der Waals surface area contributed by atoms with E-state index in [4.69, 9.17) is 25.1 Å². The van der Waals surface area contributed by atoms with Crippen molar-refractivity contribution in [2.24, 2.45) is 10.8 Å². The van der Waals surface area contributed by atoms with Gasteiger partial charge in [-0.25, -0.2) is 6.57 Å². The molecule has 0 bridgehead atoms. The van der Waals surface area contributed by atoms with E-state index >= 15 is 8.78 Å². The number of amides is 3. The zero-order chi connectivity index (χ0) is 46.8. The van der Waals surface area contributed by atoms with Crippen molar-refractivity contribution in [3.05, 3.63) is 82.0 Å². The van der Waals surface area contributed by atoms with Gasteiger partial charge in [-0.2, -0.15) is 8.78 Å². The Labute approximate surface area is 376 Å². The topological polar surface area (TPSA) is 165 Å². The second-order valence-corrected chi connectivity index (χ2v) is 21.6. The van der Waals surface area contributed by atoms with Gasteiger partial charge >= 0.3 is 25.2 Å². The van der Waals surface area contributed by atoms with E-state index < -0.39 is 85.1 Å². The summed E-state index contributed by atoms with van der Waals surface area (Å²) >= 11 is 0.992. The molecule has 0 unspecified atom stereocenters. The summed E-state index contributed by atoms with van der Waals surface area (Å²) in [5.41, 5.74) is -6.29. The van der Waals surface area contributed by atoms with Gasteiger partial charge in [-0.3, -0.25) is 37.6 Å². The van der Waals surface area contributed by atoms with Crippen LogP contribution in [0.2, 0.25) is 0 Å². The number of carbonyl (C=O) groups excluding carboxylic acids is 5. The summed E-state index contributed by atoms with van der Waals surface area (Å²) in [4.78, 5) is 76.8. The van der Waals surface area contributed by atoms with Gasteiger partial charge in [0.1, 0.15) is 12.1 Å². The number of esters is 2. The molecule has 3 saturated heterocycles. The zero-order valence-electron chi connectivity index (χ0n) is 37.1. The fourth-order valence-electron chi connectivity index (χ4n) is 8.07. The molecular formula is C45H56F2N5O10PS. The summed E-state index contributed by atoms with van der Waals surface area (Å²) in [5, 5.41) is 3.06. The minimum atomic E-state index is -5.60. The highest BCUT2D eigenvalue weighted by molar-refractivity contribution is 7.54. The molecule has 3 aromatic rings. The van der Waals surface area contributed by atoms with Crippen molar-refractivity contribution in [3.63, 3.8) is 0 Å². The van der Waals surface area contributed by atoms with Crippen molar-refractivity contribution in [1.29, 1.82) is 0 Å². The van der Waals surface area contributed by atoms with Gasteiger partial charge in [0.2, 0.25) is 31.4 Å². The first-order valence-corrected chi connectivity index (χ1v) is 23.6. The second kappa shape index (κ2) is 19.4. The molecule has 0 radical (unpaired) electrons. The molecule has 3 amide bonds. The lowest BCUT2D eigenvalue weighted by Crippen LogP contribution is -2.60. The number of likely N-dealkylation sites (N-methyl/N-ethyl adjacent to an activating group) is 1. The highest BCUT2D eigenvalue weighted by Crippen LogP contribution is 2.67. The average molecular weight is 928 g/mol. The highest BCUT2D eigenvalue weighted by Gasteiger charge is 2.56. The van der Waals surface area contributed by atoms with Crippen molar-refractivity contribution in [3.8, 4) is 0 Å². The molecule has 1 N–H and O–H groups in total. The lowest BCUT2D eigenvalue weighted by molar-refractivity contribution is -0.163. The number of carbonyl (C=O) groups is 5. The van der Waals surface area contributed by atoms with Gasteiger partial charge in [0.05, 0.1) is 28.2 Å². The van der Waals surface area contributed by atoms with Crippen LogP contribution in [0.1, 0.15) is 94.4 Å². The van der Waals surface area contributed by atoms with Crippen LogP contribution in [0.25, 0.3) is 14.9 Å². The van der Waals surface area contributed by atoms with Crippen LogP contribution in [0.5, 0.6) is 0 Å². The SMILES string of the molecule is [C-]#[N+][C@@H]1CN(C(=O)[C@@H]2CC[C@@H]3CCN(CC)C[C@H](NC(=O)c4cc5cc(C(F)(F)P(=O)(OCOC(=O)C(C)(C)C)OCOC(=O)C(C)(C)C)ccc5s4)C(=O)N32)C[C@H]1c1ccccc1. The molecule has 6 rings (SSSR count). The number of rotatable bonds is 13.